The summed E-state index contributed by atoms with van der Waals surface area (Å²) < 4.78 is 61.3. The molecule has 1 nitrogen and oxygen atoms in total. The molecule has 0 amide bonds. The number of hydrogen-bond acceptors (Lipinski definition) is 1. The largest absolute Gasteiger partial charge is 0.494 e. The highest BCUT2D eigenvalue weighted by molar-refractivity contribution is 5.82. The van der Waals surface area contributed by atoms with Gasteiger partial charge in [-0.2, -0.15) is 13.2 Å². The van der Waals surface area contributed by atoms with E-state index in [2.05, 4.69) is 6.92 Å². The Labute approximate surface area is 246 Å². The van der Waals surface area contributed by atoms with Crippen LogP contribution < -0.4 is 4.74 Å². The number of rotatable bonds is 10. The molecular weight excluding hydrogens is 536 g/mol. The van der Waals surface area contributed by atoms with Crippen molar-refractivity contribution in [2.24, 2.45) is 0 Å². The maximum absolute atomic E-state index is 14.6. The Balaban J connectivity index is 1.65. The van der Waals surface area contributed by atoms with Crippen LogP contribution in [0.4, 0.5) is 17.6 Å². The van der Waals surface area contributed by atoms with E-state index in [4.69, 9.17) is 4.74 Å². The summed E-state index contributed by atoms with van der Waals surface area (Å²) in [4.78, 5) is 0. The lowest BCUT2D eigenvalue weighted by Gasteiger charge is -2.14. The zero-order valence-corrected chi connectivity index (χ0v) is 24.5. The molecule has 4 aromatic carbocycles. The summed E-state index contributed by atoms with van der Waals surface area (Å²) in [7, 11) is 0. The van der Waals surface area contributed by atoms with Gasteiger partial charge < -0.3 is 4.74 Å². The van der Waals surface area contributed by atoms with E-state index in [0.29, 0.717) is 24.3 Å². The maximum atomic E-state index is 14.6. The van der Waals surface area contributed by atoms with E-state index in [-0.39, 0.29) is 11.4 Å². The van der Waals surface area contributed by atoms with Crippen LogP contribution in [0, 0.1) is 19.7 Å². The van der Waals surface area contributed by atoms with E-state index in [1.165, 1.54) is 12.1 Å². The molecule has 0 aliphatic heterocycles. The molecule has 42 heavy (non-hydrogen) atoms. The average Bonchev–Trinajstić information content (AvgIpc) is 2.97. The lowest BCUT2D eigenvalue weighted by Crippen LogP contribution is -2.07. The molecule has 218 valence electrons. The van der Waals surface area contributed by atoms with E-state index in [1.807, 2.05) is 63.2 Å². The number of benzene rings is 4. The Kier molecular flexibility index (Phi) is 10.1. The monoisotopic (exact) mass is 572 g/mol. The molecular formula is C37H36F4O. The third-order valence-electron chi connectivity index (χ3n) is 7.49. The van der Waals surface area contributed by atoms with Gasteiger partial charge in [-0.25, -0.2) is 4.39 Å². The van der Waals surface area contributed by atoms with Gasteiger partial charge in [-0.05, 0) is 95.5 Å². The number of halogens is 4. The van der Waals surface area contributed by atoms with Gasteiger partial charge >= 0.3 is 6.18 Å². The molecule has 0 unspecified atom stereocenters. The predicted octanol–water partition coefficient (Wildman–Crippen LogP) is 11.2. The van der Waals surface area contributed by atoms with Crippen LogP contribution in [0.1, 0.15) is 71.2 Å². The Bertz CT molecular complexity index is 1590. The van der Waals surface area contributed by atoms with Crippen molar-refractivity contribution in [2.45, 2.75) is 53.1 Å². The molecule has 0 aromatic heterocycles. The third-order valence-corrected chi connectivity index (χ3v) is 7.49. The number of unbranched alkanes of at least 4 members (excludes halogenated alkanes) is 1. The van der Waals surface area contributed by atoms with Crippen LogP contribution in [0.2, 0.25) is 0 Å². The van der Waals surface area contributed by atoms with Crippen molar-refractivity contribution in [3.8, 4) is 16.9 Å². The quantitative estimate of drug-likeness (QED) is 0.104. The molecule has 0 aliphatic carbocycles. The first-order chi connectivity index (χ1) is 20.1. The van der Waals surface area contributed by atoms with Crippen molar-refractivity contribution < 1.29 is 22.3 Å². The Morgan fingerprint density at radius 2 is 1.29 bits per heavy atom. The van der Waals surface area contributed by atoms with Crippen LogP contribution in [-0.2, 0) is 12.6 Å². The fourth-order valence-electron chi connectivity index (χ4n) is 4.91. The average molecular weight is 573 g/mol. The predicted molar refractivity (Wildman–Crippen MR) is 167 cm³/mol. The minimum absolute atomic E-state index is 0.155. The molecule has 0 N–H and O–H groups in total. The van der Waals surface area contributed by atoms with Crippen LogP contribution in [0.3, 0.4) is 0 Å². The standard InChI is InChI=1S/C37H36F4O/c1-5-7-22-42-32-19-21-36(38)31(24-32)18-16-29-11-9-13-34(26(29)4)33-12-8-10-28(25(33)3)15-17-30-23-27(6-2)14-20-35(30)37(39,40)41/h8-21,23-24H,5-7,22H2,1-4H3/b17-15+,18-16+. The van der Waals surface area contributed by atoms with E-state index >= 15 is 0 Å². The molecule has 0 heterocycles. The Hall–Kier alpha value is -4.12. The van der Waals surface area contributed by atoms with Gasteiger partial charge in [0.05, 0.1) is 12.2 Å². The van der Waals surface area contributed by atoms with Gasteiger partial charge in [-0.3, -0.25) is 0 Å². The van der Waals surface area contributed by atoms with E-state index in [9.17, 15) is 17.6 Å². The lowest BCUT2D eigenvalue weighted by molar-refractivity contribution is -0.137. The summed E-state index contributed by atoms with van der Waals surface area (Å²) in [6, 6.07) is 20.9. The van der Waals surface area contributed by atoms with Crippen LogP contribution in [0.15, 0.2) is 72.8 Å². The minimum atomic E-state index is -4.43. The fraction of sp³-hybridized carbons (Fsp3) is 0.243. The first-order valence-electron chi connectivity index (χ1n) is 14.3. The van der Waals surface area contributed by atoms with Crippen molar-refractivity contribution in [3.05, 3.63) is 123 Å². The molecule has 0 aliphatic rings. The van der Waals surface area contributed by atoms with Crippen LogP contribution in [0.25, 0.3) is 35.4 Å². The minimum Gasteiger partial charge on any atom is -0.494 e. The molecule has 0 fully saturated rings. The molecule has 0 atom stereocenters. The summed E-state index contributed by atoms with van der Waals surface area (Å²) in [5.74, 6) is 0.315. The molecule has 0 spiro atoms. The second kappa shape index (κ2) is 13.7. The second-order valence-electron chi connectivity index (χ2n) is 10.4. The van der Waals surface area contributed by atoms with Gasteiger partial charge in [-0.1, -0.05) is 93.1 Å². The van der Waals surface area contributed by atoms with E-state index in [0.717, 1.165) is 57.9 Å². The summed E-state index contributed by atoms with van der Waals surface area (Å²) in [6.45, 7) is 8.60. The molecule has 4 rings (SSSR count). The second-order valence-corrected chi connectivity index (χ2v) is 10.4. The first-order valence-corrected chi connectivity index (χ1v) is 14.3. The summed E-state index contributed by atoms with van der Waals surface area (Å²) in [5, 5.41) is 0. The van der Waals surface area contributed by atoms with E-state index < -0.39 is 11.7 Å². The van der Waals surface area contributed by atoms with Crippen LogP contribution in [0.5, 0.6) is 5.75 Å². The van der Waals surface area contributed by atoms with Crippen molar-refractivity contribution in [2.75, 3.05) is 6.61 Å². The first kappa shape index (κ1) is 30.8. The molecule has 5 heteroatoms. The van der Waals surface area contributed by atoms with Crippen molar-refractivity contribution in [3.63, 3.8) is 0 Å². The summed E-state index contributed by atoms with van der Waals surface area (Å²) in [5.41, 5.74) is 6.56. The molecule has 0 saturated carbocycles. The highest BCUT2D eigenvalue weighted by Gasteiger charge is 2.32. The topological polar surface area (TPSA) is 9.23 Å². The zero-order chi connectivity index (χ0) is 30.3. The van der Waals surface area contributed by atoms with Crippen molar-refractivity contribution >= 4 is 24.3 Å². The van der Waals surface area contributed by atoms with Crippen molar-refractivity contribution in [1.82, 2.24) is 0 Å². The molecule has 4 aromatic rings. The number of hydrogen-bond donors (Lipinski definition) is 0. The molecule has 0 saturated heterocycles. The normalized spacial score (nSPS) is 12.0. The molecule has 0 bridgehead atoms. The number of alkyl halides is 3. The van der Waals surface area contributed by atoms with Gasteiger partial charge in [0.1, 0.15) is 11.6 Å². The maximum Gasteiger partial charge on any atom is 0.416 e. The SMILES string of the molecule is CCCCOc1ccc(F)c(/C=C/c2cccc(-c3cccc(/C=C/c4cc(CC)ccc4C(F)(F)F)c3C)c2C)c1. The smallest absolute Gasteiger partial charge is 0.416 e. The van der Waals surface area contributed by atoms with Gasteiger partial charge in [0.2, 0.25) is 0 Å². The van der Waals surface area contributed by atoms with Gasteiger partial charge in [0, 0.05) is 5.56 Å². The highest BCUT2D eigenvalue weighted by atomic mass is 19.4. The van der Waals surface area contributed by atoms with Gasteiger partial charge in [-0.15, -0.1) is 0 Å². The van der Waals surface area contributed by atoms with E-state index in [1.54, 1.807) is 36.4 Å². The Morgan fingerprint density at radius 1 is 0.690 bits per heavy atom. The number of ether oxygens (including phenoxy) is 1. The Morgan fingerprint density at radius 3 is 1.86 bits per heavy atom. The van der Waals surface area contributed by atoms with Gasteiger partial charge in [0.15, 0.2) is 0 Å². The zero-order valence-electron chi connectivity index (χ0n) is 24.5. The fourth-order valence-corrected chi connectivity index (χ4v) is 4.91. The van der Waals surface area contributed by atoms with Crippen molar-refractivity contribution in [1.29, 1.82) is 0 Å². The summed E-state index contributed by atoms with van der Waals surface area (Å²) in [6.07, 6.45) is 5.13. The van der Waals surface area contributed by atoms with Crippen LogP contribution in [-0.4, -0.2) is 6.61 Å². The number of aryl methyl sites for hydroxylation is 1. The third kappa shape index (κ3) is 7.39. The molecule has 0 radical (unpaired) electrons. The van der Waals surface area contributed by atoms with Crippen LogP contribution >= 0.6 is 0 Å². The lowest BCUT2D eigenvalue weighted by atomic mass is 9.91. The highest BCUT2D eigenvalue weighted by Crippen LogP contribution is 2.35. The summed E-state index contributed by atoms with van der Waals surface area (Å²) >= 11 is 0. The van der Waals surface area contributed by atoms with Gasteiger partial charge in [0.25, 0.3) is 0 Å².